The SMILES string of the molecule is CCC1(c2nc(-c3ccc(C)cc3Br)no2)CCNC1. The number of aryl methyl sites for hydroxylation is 1. The van der Waals surface area contributed by atoms with Crippen LogP contribution in [-0.4, -0.2) is 23.2 Å². The second kappa shape index (κ2) is 5.30. The summed E-state index contributed by atoms with van der Waals surface area (Å²) in [7, 11) is 0. The van der Waals surface area contributed by atoms with Gasteiger partial charge in [0.05, 0.1) is 5.41 Å². The van der Waals surface area contributed by atoms with E-state index in [1.54, 1.807) is 0 Å². The first-order valence-electron chi connectivity index (χ1n) is 6.96. The van der Waals surface area contributed by atoms with Gasteiger partial charge in [0.15, 0.2) is 0 Å². The normalized spacial score (nSPS) is 22.4. The fourth-order valence-corrected chi connectivity index (χ4v) is 3.40. The zero-order valence-corrected chi connectivity index (χ0v) is 13.3. The van der Waals surface area contributed by atoms with E-state index in [0.717, 1.165) is 41.9 Å². The van der Waals surface area contributed by atoms with Crippen molar-refractivity contribution >= 4 is 15.9 Å². The Bertz CT molecular complexity index is 617. The van der Waals surface area contributed by atoms with Crippen molar-refractivity contribution in [3.63, 3.8) is 0 Å². The van der Waals surface area contributed by atoms with E-state index in [1.165, 1.54) is 5.56 Å². The van der Waals surface area contributed by atoms with Gasteiger partial charge in [0.25, 0.3) is 0 Å². The van der Waals surface area contributed by atoms with Gasteiger partial charge in [0.2, 0.25) is 11.7 Å². The molecule has 1 fully saturated rings. The van der Waals surface area contributed by atoms with Gasteiger partial charge in [-0.2, -0.15) is 4.98 Å². The highest BCUT2D eigenvalue weighted by molar-refractivity contribution is 9.10. The van der Waals surface area contributed by atoms with Crippen molar-refractivity contribution < 1.29 is 4.52 Å². The number of aromatic nitrogens is 2. The Morgan fingerprint density at radius 2 is 2.30 bits per heavy atom. The molecular formula is C15H18BrN3O. The van der Waals surface area contributed by atoms with E-state index in [4.69, 9.17) is 4.52 Å². The maximum Gasteiger partial charge on any atom is 0.234 e. The van der Waals surface area contributed by atoms with Crippen LogP contribution in [0.4, 0.5) is 0 Å². The summed E-state index contributed by atoms with van der Waals surface area (Å²) in [5.74, 6) is 1.42. The Morgan fingerprint density at radius 3 is 2.95 bits per heavy atom. The molecule has 0 bridgehead atoms. The summed E-state index contributed by atoms with van der Waals surface area (Å²) in [6.07, 6.45) is 2.07. The van der Waals surface area contributed by atoms with E-state index in [2.05, 4.69) is 57.4 Å². The van der Waals surface area contributed by atoms with Crippen LogP contribution in [0.5, 0.6) is 0 Å². The second-order valence-corrected chi connectivity index (χ2v) is 6.32. The number of hydrogen-bond acceptors (Lipinski definition) is 4. The topological polar surface area (TPSA) is 51.0 Å². The van der Waals surface area contributed by atoms with Crippen molar-refractivity contribution in [2.75, 3.05) is 13.1 Å². The predicted molar refractivity (Wildman–Crippen MR) is 81.6 cm³/mol. The molecule has 1 aromatic carbocycles. The third kappa shape index (κ3) is 2.29. The number of nitrogens with zero attached hydrogens (tertiary/aromatic N) is 2. The molecule has 3 rings (SSSR count). The zero-order chi connectivity index (χ0) is 14.2. The lowest BCUT2D eigenvalue weighted by Crippen LogP contribution is -2.28. The molecule has 0 aliphatic carbocycles. The van der Waals surface area contributed by atoms with E-state index in [9.17, 15) is 0 Å². The fraction of sp³-hybridized carbons (Fsp3) is 0.467. The summed E-state index contributed by atoms with van der Waals surface area (Å²) in [5.41, 5.74) is 2.18. The molecule has 1 aliphatic rings. The van der Waals surface area contributed by atoms with Crippen LogP contribution in [0.3, 0.4) is 0 Å². The maximum absolute atomic E-state index is 5.56. The molecule has 2 aromatic rings. The van der Waals surface area contributed by atoms with Crippen molar-refractivity contribution in [3.05, 3.63) is 34.1 Å². The van der Waals surface area contributed by atoms with Crippen LogP contribution in [0.15, 0.2) is 27.2 Å². The van der Waals surface area contributed by atoms with Gasteiger partial charge in [0.1, 0.15) is 0 Å². The molecule has 20 heavy (non-hydrogen) atoms. The van der Waals surface area contributed by atoms with Crippen molar-refractivity contribution in [1.82, 2.24) is 15.5 Å². The molecule has 4 nitrogen and oxygen atoms in total. The third-order valence-corrected chi connectivity index (χ3v) is 4.82. The molecule has 0 radical (unpaired) electrons. The van der Waals surface area contributed by atoms with Gasteiger partial charge in [-0.05, 0) is 44.0 Å². The summed E-state index contributed by atoms with van der Waals surface area (Å²) in [6, 6.07) is 6.15. The van der Waals surface area contributed by atoms with Gasteiger partial charge in [0, 0.05) is 16.6 Å². The minimum absolute atomic E-state index is 0.00240. The molecule has 1 aliphatic heterocycles. The van der Waals surface area contributed by atoms with Crippen LogP contribution in [0, 0.1) is 6.92 Å². The predicted octanol–water partition coefficient (Wildman–Crippen LogP) is 3.45. The summed E-state index contributed by atoms with van der Waals surface area (Å²) in [4.78, 5) is 4.65. The van der Waals surface area contributed by atoms with E-state index >= 15 is 0 Å². The van der Waals surface area contributed by atoms with Crippen LogP contribution >= 0.6 is 15.9 Å². The molecule has 5 heteroatoms. The zero-order valence-electron chi connectivity index (χ0n) is 11.7. The molecule has 2 heterocycles. The highest BCUT2D eigenvalue weighted by Crippen LogP contribution is 2.35. The summed E-state index contributed by atoms with van der Waals surface area (Å²) in [5, 5.41) is 7.56. The van der Waals surface area contributed by atoms with Gasteiger partial charge >= 0.3 is 0 Å². The average Bonchev–Trinajstić information content (AvgIpc) is 3.08. The van der Waals surface area contributed by atoms with E-state index in [1.807, 2.05) is 6.07 Å². The maximum atomic E-state index is 5.56. The second-order valence-electron chi connectivity index (χ2n) is 5.47. The van der Waals surface area contributed by atoms with Crippen LogP contribution in [0.2, 0.25) is 0 Å². The highest BCUT2D eigenvalue weighted by Gasteiger charge is 2.39. The number of halogens is 1. The van der Waals surface area contributed by atoms with Crippen molar-refractivity contribution in [1.29, 1.82) is 0 Å². The summed E-state index contributed by atoms with van der Waals surface area (Å²) >= 11 is 3.57. The number of benzene rings is 1. The van der Waals surface area contributed by atoms with Crippen molar-refractivity contribution in [2.45, 2.75) is 32.1 Å². The minimum Gasteiger partial charge on any atom is -0.338 e. The van der Waals surface area contributed by atoms with E-state index in [0.29, 0.717) is 5.82 Å². The lowest BCUT2D eigenvalue weighted by Gasteiger charge is -2.20. The Morgan fingerprint density at radius 1 is 1.45 bits per heavy atom. The van der Waals surface area contributed by atoms with E-state index < -0.39 is 0 Å². The Hall–Kier alpha value is -1.20. The molecule has 1 unspecified atom stereocenters. The molecule has 0 amide bonds. The smallest absolute Gasteiger partial charge is 0.234 e. The van der Waals surface area contributed by atoms with Gasteiger partial charge in [-0.25, -0.2) is 0 Å². The first-order valence-corrected chi connectivity index (χ1v) is 7.75. The van der Waals surface area contributed by atoms with Crippen LogP contribution in [-0.2, 0) is 5.41 Å². The quantitative estimate of drug-likeness (QED) is 0.933. The lowest BCUT2D eigenvalue weighted by molar-refractivity contribution is 0.285. The van der Waals surface area contributed by atoms with Crippen molar-refractivity contribution in [3.8, 4) is 11.4 Å². The lowest BCUT2D eigenvalue weighted by atomic mass is 9.84. The van der Waals surface area contributed by atoms with Crippen LogP contribution in [0.25, 0.3) is 11.4 Å². The minimum atomic E-state index is 0.00240. The standard InChI is InChI=1S/C15H18BrN3O/c1-3-15(6-7-17-9-15)14-18-13(19-20-14)11-5-4-10(2)8-12(11)16/h4-5,8,17H,3,6-7,9H2,1-2H3. The molecular weight excluding hydrogens is 318 g/mol. The largest absolute Gasteiger partial charge is 0.338 e. The molecule has 1 saturated heterocycles. The highest BCUT2D eigenvalue weighted by atomic mass is 79.9. The first-order chi connectivity index (χ1) is 9.64. The molecule has 1 aromatic heterocycles. The molecule has 106 valence electrons. The van der Waals surface area contributed by atoms with Crippen LogP contribution in [0.1, 0.15) is 31.2 Å². The van der Waals surface area contributed by atoms with Crippen molar-refractivity contribution in [2.24, 2.45) is 0 Å². The van der Waals surface area contributed by atoms with Gasteiger partial charge in [-0.1, -0.05) is 34.1 Å². The van der Waals surface area contributed by atoms with E-state index in [-0.39, 0.29) is 5.41 Å². The van der Waals surface area contributed by atoms with Gasteiger partial charge in [-0.3, -0.25) is 0 Å². The monoisotopic (exact) mass is 335 g/mol. The number of hydrogen-bond donors (Lipinski definition) is 1. The Labute approximate surface area is 127 Å². The molecule has 1 atom stereocenters. The van der Waals surface area contributed by atoms with Gasteiger partial charge < -0.3 is 9.84 Å². The molecule has 0 spiro atoms. The van der Waals surface area contributed by atoms with Gasteiger partial charge in [-0.15, -0.1) is 0 Å². The fourth-order valence-electron chi connectivity index (χ4n) is 2.73. The first kappa shape index (κ1) is 13.8. The average molecular weight is 336 g/mol. The Balaban J connectivity index is 1.97. The number of rotatable bonds is 3. The molecule has 1 N–H and O–H groups in total. The Kier molecular flexibility index (Phi) is 3.65. The summed E-state index contributed by atoms with van der Waals surface area (Å²) in [6.45, 7) is 6.17. The molecule has 0 saturated carbocycles. The van der Waals surface area contributed by atoms with Crippen LogP contribution < -0.4 is 5.32 Å². The summed E-state index contributed by atoms with van der Waals surface area (Å²) < 4.78 is 6.56. The number of nitrogens with one attached hydrogen (secondary N) is 1. The third-order valence-electron chi connectivity index (χ3n) is 4.17.